The van der Waals surface area contributed by atoms with Crippen LogP contribution in [0, 0.1) is 17.1 Å². The van der Waals surface area contributed by atoms with Crippen LogP contribution >= 0.6 is 15.9 Å². The molecule has 0 saturated heterocycles. The number of carbonyl (C=O) groups is 1. The summed E-state index contributed by atoms with van der Waals surface area (Å²) in [4.78, 5) is 12.4. The molecular formula is C26H22BrFN2O2. The summed E-state index contributed by atoms with van der Waals surface area (Å²) in [5.74, 6) is -0.0803. The predicted octanol–water partition coefficient (Wildman–Crippen LogP) is 5.82. The Morgan fingerprint density at radius 2 is 1.81 bits per heavy atom. The molecule has 3 aromatic carbocycles. The molecule has 0 atom stereocenters. The maximum atomic E-state index is 13.0. The van der Waals surface area contributed by atoms with Gasteiger partial charge < -0.3 is 10.1 Å². The summed E-state index contributed by atoms with van der Waals surface area (Å²) in [5.41, 5.74) is 2.79. The van der Waals surface area contributed by atoms with Crippen molar-refractivity contribution < 1.29 is 13.9 Å². The standard InChI is InChI=1S/C26H22BrFN2O2/c27-24-16-21(10-13-25(24)32-18-20-8-11-23(28)12-9-20)15-22(17-29)26(31)30-14-4-7-19-5-2-1-3-6-19/h1-3,5-6,8-13,15-16H,4,7,14,18H2,(H,30,31)/b22-15-. The van der Waals surface area contributed by atoms with Crippen LogP contribution in [0.4, 0.5) is 4.39 Å². The molecule has 1 N–H and O–H groups in total. The maximum Gasteiger partial charge on any atom is 0.261 e. The fraction of sp³-hybridized carbons (Fsp3) is 0.154. The minimum absolute atomic E-state index is 0.0385. The molecule has 32 heavy (non-hydrogen) atoms. The van der Waals surface area contributed by atoms with Crippen molar-refractivity contribution in [3.8, 4) is 11.8 Å². The van der Waals surface area contributed by atoms with Gasteiger partial charge in [0.15, 0.2) is 0 Å². The molecule has 0 aliphatic rings. The quantitative estimate of drug-likeness (QED) is 0.232. The Hall–Kier alpha value is -3.43. The van der Waals surface area contributed by atoms with Crippen molar-refractivity contribution in [2.75, 3.05) is 6.54 Å². The van der Waals surface area contributed by atoms with Gasteiger partial charge in [0.1, 0.15) is 29.8 Å². The van der Waals surface area contributed by atoms with Gasteiger partial charge in [0.2, 0.25) is 0 Å². The lowest BCUT2D eigenvalue weighted by Crippen LogP contribution is -2.25. The van der Waals surface area contributed by atoms with E-state index in [1.165, 1.54) is 17.7 Å². The average Bonchev–Trinajstić information content (AvgIpc) is 2.81. The predicted molar refractivity (Wildman–Crippen MR) is 126 cm³/mol. The highest BCUT2D eigenvalue weighted by atomic mass is 79.9. The summed E-state index contributed by atoms with van der Waals surface area (Å²) in [7, 11) is 0. The fourth-order valence-electron chi connectivity index (χ4n) is 3.02. The third-order valence-corrected chi connectivity index (χ3v) is 5.33. The van der Waals surface area contributed by atoms with E-state index >= 15 is 0 Å². The molecule has 3 aromatic rings. The summed E-state index contributed by atoms with van der Waals surface area (Å²) >= 11 is 3.46. The zero-order chi connectivity index (χ0) is 22.8. The molecule has 6 heteroatoms. The van der Waals surface area contributed by atoms with Gasteiger partial charge in [0.05, 0.1) is 4.47 Å². The van der Waals surface area contributed by atoms with E-state index in [9.17, 15) is 14.4 Å². The first-order chi connectivity index (χ1) is 15.5. The third-order valence-electron chi connectivity index (χ3n) is 4.71. The number of nitriles is 1. The van der Waals surface area contributed by atoms with E-state index in [4.69, 9.17) is 4.74 Å². The smallest absolute Gasteiger partial charge is 0.261 e. The summed E-state index contributed by atoms with van der Waals surface area (Å²) < 4.78 is 19.5. The number of benzene rings is 3. The maximum absolute atomic E-state index is 13.0. The van der Waals surface area contributed by atoms with Crippen molar-refractivity contribution in [2.24, 2.45) is 0 Å². The van der Waals surface area contributed by atoms with Crippen LogP contribution in [-0.2, 0) is 17.8 Å². The molecule has 0 aliphatic heterocycles. The molecular weight excluding hydrogens is 471 g/mol. The molecule has 3 rings (SSSR count). The molecule has 0 bridgehead atoms. The van der Waals surface area contributed by atoms with E-state index < -0.39 is 5.91 Å². The van der Waals surface area contributed by atoms with Crippen molar-refractivity contribution in [1.29, 1.82) is 5.26 Å². The highest BCUT2D eigenvalue weighted by molar-refractivity contribution is 9.10. The molecule has 162 valence electrons. The molecule has 0 unspecified atom stereocenters. The number of amides is 1. The average molecular weight is 493 g/mol. The molecule has 0 fully saturated rings. The second-order valence-corrected chi connectivity index (χ2v) is 7.97. The Balaban J connectivity index is 1.55. The highest BCUT2D eigenvalue weighted by Gasteiger charge is 2.10. The van der Waals surface area contributed by atoms with E-state index in [0.29, 0.717) is 28.9 Å². The summed E-state index contributed by atoms with van der Waals surface area (Å²) in [6.07, 6.45) is 3.19. The number of hydrogen-bond acceptors (Lipinski definition) is 3. The van der Waals surface area contributed by atoms with Crippen molar-refractivity contribution >= 4 is 27.9 Å². The minimum atomic E-state index is -0.395. The lowest BCUT2D eigenvalue weighted by molar-refractivity contribution is -0.117. The Labute approximate surface area is 195 Å². The van der Waals surface area contributed by atoms with E-state index in [2.05, 4.69) is 21.2 Å². The van der Waals surface area contributed by atoms with Crippen molar-refractivity contribution in [3.63, 3.8) is 0 Å². The summed E-state index contributed by atoms with van der Waals surface area (Å²) in [6, 6.07) is 23.4. The van der Waals surface area contributed by atoms with E-state index in [0.717, 1.165) is 18.4 Å². The molecule has 0 aromatic heterocycles. The van der Waals surface area contributed by atoms with Gasteiger partial charge in [-0.3, -0.25) is 4.79 Å². The van der Waals surface area contributed by atoms with Crippen molar-refractivity contribution in [2.45, 2.75) is 19.4 Å². The zero-order valence-corrected chi connectivity index (χ0v) is 18.9. The van der Waals surface area contributed by atoms with Gasteiger partial charge in [-0.1, -0.05) is 48.5 Å². The van der Waals surface area contributed by atoms with Crippen LogP contribution in [0.5, 0.6) is 5.75 Å². The van der Waals surface area contributed by atoms with Gasteiger partial charge >= 0.3 is 0 Å². The van der Waals surface area contributed by atoms with Crippen LogP contribution in [0.25, 0.3) is 6.08 Å². The van der Waals surface area contributed by atoms with Crippen molar-refractivity contribution in [1.82, 2.24) is 5.32 Å². The second kappa shape index (κ2) is 11.8. The van der Waals surface area contributed by atoms with Crippen LogP contribution in [0.3, 0.4) is 0 Å². The second-order valence-electron chi connectivity index (χ2n) is 7.12. The minimum Gasteiger partial charge on any atom is -0.488 e. The van der Waals surface area contributed by atoms with Crippen LogP contribution in [0.15, 0.2) is 82.8 Å². The van der Waals surface area contributed by atoms with Gasteiger partial charge in [0.25, 0.3) is 5.91 Å². The molecule has 0 heterocycles. The Morgan fingerprint density at radius 1 is 1.06 bits per heavy atom. The Morgan fingerprint density at radius 3 is 2.50 bits per heavy atom. The number of nitrogens with zero attached hydrogens (tertiary/aromatic N) is 1. The Bertz CT molecular complexity index is 1120. The monoisotopic (exact) mass is 492 g/mol. The third kappa shape index (κ3) is 7.07. The number of nitrogens with one attached hydrogen (secondary N) is 1. The molecule has 0 spiro atoms. The zero-order valence-electron chi connectivity index (χ0n) is 17.4. The van der Waals surface area contributed by atoms with Gasteiger partial charge in [-0.25, -0.2) is 4.39 Å². The van der Waals surface area contributed by atoms with Gasteiger partial charge in [-0.2, -0.15) is 5.26 Å². The number of hydrogen-bond donors (Lipinski definition) is 1. The largest absolute Gasteiger partial charge is 0.488 e. The summed E-state index contributed by atoms with van der Waals surface area (Å²) in [6.45, 7) is 0.787. The lowest BCUT2D eigenvalue weighted by atomic mass is 10.1. The fourth-order valence-corrected chi connectivity index (χ4v) is 3.53. The first-order valence-electron chi connectivity index (χ1n) is 10.2. The number of rotatable bonds is 9. The normalized spacial score (nSPS) is 11.0. The van der Waals surface area contributed by atoms with Gasteiger partial charge in [-0.05, 0) is 75.8 Å². The Kier molecular flexibility index (Phi) is 8.59. The number of carbonyl (C=O) groups excluding carboxylic acids is 1. The first kappa shape index (κ1) is 23.2. The topological polar surface area (TPSA) is 62.1 Å². The first-order valence-corrected chi connectivity index (χ1v) is 10.9. The summed E-state index contributed by atoms with van der Waals surface area (Å²) in [5, 5.41) is 12.2. The van der Waals surface area contributed by atoms with Gasteiger partial charge in [0, 0.05) is 6.54 Å². The molecule has 4 nitrogen and oxygen atoms in total. The highest BCUT2D eigenvalue weighted by Crippen LogP contribution is 2.27. The molecule has 0 aliphatic carbocycles. The lowest BCUT2D eigenvalue weighted by Gasteiger charge is -2.09. The van der Waals surface area contributed by atoms with Crippen LogP contribution in [-0.4, -0.2) is 12.5 Å². The SMILES string of the molecule is N#C/C(=C/c1ccc(OCc2ccc(F)cc2)c(Br)c1)C(=O)NCCCc1ccccc1. The van der Waals surface area contributed by atoms with Crippen LogP contribution < -0.4 is 10.1 Å². The van der Waals surface area contributed by atoms with E-state index in [1.807, 2.05) is 36.4 Å². The van der Waals surface area contributed by atoms with E-state index in [-0.39, 0.29) is 11.4 Å². The van der Waals surface area contributed by atoms with E-state index in [1.54, 1.807) is 36.4 Å². The molecule has 0 radical (unpaired) electrons. The van der Waals surface area contributed by atoms with Crippen molar-refractivity contribution in [3.05, 3.63) is 105 Å². The van der Waals surface area contributed by atoms with Crippen LogP contribution in [0.1, 0.15) is 23.1 Å². The van der Waals surface area contributed by atoms with Crippen LogP contribution in [0.2, 0.25) is 0 Å². The number of halogens is 2. The molecule has 0 saturated carbocycles. The number of aryl methyl sites for hydroxylation is 1. The number of ether oxygens (including phenoxy) is 1. The molecule has 1 amide bonds. The van der Waals surface area contributed by atoms with Gasteiger partial charge in [-0.15, -0.1) is 0 Å².